The van der Waals surface area contributed by atoms with Gasteiger partial charge in [-0.05, 0) is 55.2 Å². The number of carbonyl (C=O) groups is 5. The average molecular weight is 544 g/mol. The van der Waals surface area contributed by atoms with Gasteiger partial charge in [0.1, 0.15) is 29.6 Å². The van der Waals surface area contributed by atoms with Crippen molar-refractivity contribution in [2.45, 2.75) is 56.8 Å². The Kier molecular flexibility index (Phi) is 11.2. The first-order chi connectivity index (χ1) is 18.3. The summed E-state index contributed by atoms with van der Waals surface area (Å²) < 4.78 is 0. The van der Waals surface area contributed by atoms with Gasteiger partial charge in [-0.1, -0.05) is 24.3 Å². The van der Waals surface area contributed by atoms with Crippen molar-refractivity contribution >= 4 is 29.6 Å². The SMILES string of the molecule is CC(NC(=O)C(Cc1ccc(O)cc1)NC(=O)C(N)Cc1ccc(O)cc1)C(=O)NC(CCC(N)=O)C(=O)O. The average Bonchev–Trinajstić information content (AvgIpc) is 2.88. The molecule has 2 rings (SSSR count). The van der Waals surface area contributed by atoms with Gasteiger partial charge < -0.3 is 42.7 Å². The normalized spacial score (nSPS) is 13.8. The summed E-state index contributed by atoms with van der Waals surface area (Å²) in [5.74, 6) is -4.23. The molecule has 10 N–H and O–H groups in total. The predicted octanol–water partition coefficient (Wildman–Crippen LogP) is -0.965. The summed E-state index contributed by atoms with van der Waals surface area (Å²) in [6.45, 7) is 1.33. The Bertz CT molecular complexity index is 1170. The quantitative estimate of drug-likeness (QED) is 0.146. The molecule has 0 saturated carbocycles. The predicted molar refractivity (Wildman–Crippen MR) is 139 cm³/mol. The van der Waals surface area contributed by atoms with Gasteiger partial charge in [-0.15, -0.1) is 0 Å². The largest absolute Gasteiger partial charge is 0.508 e. The lowest BCUT2D eigenvalue weighted by Crippen LogP contribution is -2.57. The van der Waals surface area contributed by atoms with Crippen molar-refractivity contribution in [2.24, 2.45) is 11.5 Å². The lowest BCUT2D eigenvalue weighted by molar-refractivity contribution is -0.142. The number of carboxylic acids is 1. The zero-order valence-corrected chi connectivity index (χ0v) is 21.3. The number of benzene rings is 2. The van der Waals surface area contributed by atoms with Crippen molar-refractivity contribution in [3.63, 3.8) is 0 Å². The number of nitrogens with two attached hydrogens (primary N) is 2. The summed E-state index contributed by atoms with van der Waals surface area (Å²) in [6.07, 6.45) is -0.368. The van der Waals surface area contributed by atoms with E-state index < -0.39 is 53.8 Å². The van der Waals surface area contributed by atoms with Crippen LogP contribution < -0.4 is 27.4 Å². The molecule has 4 amide bonds. The third kappa shape index (κ3) is 10.3. The first-order valence-corrected chi connectivity index (χ1v) is 12.1. The summed E-state index contributed by atoms with van der Waals surface area (Å²) in [5.41, 5.74) is 12.4. The van der Waals surface area contributed by atoms with E-state index in [1.807, 2.05) is 0 Å². The fourth-order valence-corrected chi connectivity index (χ4v) is 3.55. The molecule has 0 bridgehead atoms. The van der Waals surface area contributed by atoms with E-state index >= 15 is 0 Å². The van der Waals surface area contributed by atoms with Gasteiger partial charge in [0.15, 0.2) is 0 Å². The summed E-state index contributed by atoms with van der Waals surface area (Å²) in [4.78, 5) is 60.9. The number of hydrogen-bond acceptors (Lipinski definition) is 8. The topological polar surface area (TPSA) is 234 Å². The summed E-state index contributed by atoms with van der Waals surface area (Å²) >= 11 is 0. The smallest absolute Gasteiger partial charge is 0.326 e. The van der Waals surface area contributed by atoms with Crippen LogP contribution in [0.4, 0.5) is 0 Å². The van der Waals surface area contributed by atoms with Gasteiger partial charge in [0, 0.05) is 12.8 Å². The maximum Gasteiger partial charge on any atom is 0.326 e. The molecule has 0 aliphatic rings. The van der Waals surface area contributed by atoms with Gasteiger partial charge in [0.25, 0.3) is 0 Å². The minimum absolute atomic E-state index is 0.00547. The highest BCUT2D eigenvalue weighted by Crippen LogP contribution is 2.13. The Morgan fingerprint density at radius 2 is 1.23 bits per heavy atom. The summed E-state index contributed by atoms with van der Waals surface area (Å²) in [7, 11) is 0. The molecule has 4 unspecified atom stereocenters. The number of aliphatic carboxylic acids is 1. The van der Waals surface area contributed by atoms with Crippen molar-refractivity contribution in [1.82, 2.24) is 16.0 Å². The van der Waals surface area contributed by atoms with E-state index in [2.05, 4.69) is 16.0 Å². The van der Waals surface area contributed by atoms with Crippen LogP contribution in [0.1, 0.15) is 30.9 Å². The van der Waals surface area contributed by atoms with Gasteiger partial charge in [0.2, 0.25) is 23.6 Å². The van der Waals surface area contributed by atoms with E-state index in [0.29, 0.717) is 11.1 Å². The summed E-state index contributed by atoms with van der Waals surface area (Å²) in [6, 6.07) is 7.27. The van der Waals surface area contributed by atoms with Crippen LogP contribution >= 0.6 is 0 Å². The van der Waals surface area contributed by atoms with E-state index in [0.717, 1.165) is 0 Å². The van der Waals surface area contributed by atoms with Crippen molar-refractivity contribution in [2.75, 3.05) is 0 Å². The van der Waals surface area contributed by atoms with Crippen molar-refractivity contribution < 1.29 is 39.3 Å². The molecule has 13 nitrogen and oxygen atoms in total. The van der Waals surface area contributed by atoms with Crippen LogP contribution in [-0.4, -0.2) is 69.1 Å². The van der Waals surface area contributed by atoms with Crippen molar-refractivity contribution in [1.29, 1.82) is 0 Å². The van der Waals surface area contributed by atoms with Gasteiger partial charge >= 0.3 is 5.97 Å². The molecule has 0 fully saturated rings. The molecule has 4 atom stereocenters. The molecule has 0 aliphatic heterocycles. The number of hydrogen-bond donors (Lipinski definition) is 8. The molecule has 0 aliphatic carbocycles. The highest BCUT2D eigenvalue weighted by atomic mass is 16.4. The van der Waals surface area contributed by atoms with Crippen molar-refractivity contribution in [3.8, 4) is 11.5 Å². The maximum atomic E-state index is 13.1. The standard InChI is InChI=1S/C26H33N5O8/c1-14(23(35)30-20(26(38)39)10-11-22(28)34)29-25(37)21(13-16-4-8-18(33)9-5-16)31-24(36)19(27)12-15-2-6-17(32)7-3-15/h2-9,14,19-21,32-33H,10-13,27H2,1H3,(H2,28,34)(H,29,37)(H,30,35)(H,31,36)(H,38,39). The molecule has 13 heteroatoms. The molecule has 0 radical (unpaired) electrons. The Morgan fingerprint density at radius 3 is 1.72 bits per heavy atom. The van der Waals surface area contributed by atoms with Crippen molar-refractivity contribution in [3.05, 3.63) is 59.7 Å². The number of rotatable bonds is 14. The minimum atomic E-state index is -1.39. The number of aromatic hydroxyl groups is 2. The van der Waals surface area contributed by atoms with E-state index in [1.54, 1.807) is 24.3 Å². The van der Waals surface area contributed by atoms with Crippen LogP contribution in [0.15, 0.2) is 48.5 Å². The van der Waals surface area contributed by atoms with Crippen LogP contribution in [0.3, 0.4) is 0 Å². The number of carboxylic acid groups (broad SMARTS) is 1. The molecule has 2 aromatic carbocycles. The van der Waals surface area contributed by atoms with E-state index in [1.165, 1.54) is 31.2 Å². The van der Waals surface area contributed by atoms with E-state index in [4.69, 9.17) is 11.5 Å². The monoisotopic (exact) mass is 543 g/mol. The van der Waals surface area contributed by atoms with Crippen LogP contribution in [0.2, 0.25) is 0 Å². The molecule has 0 spiro atoms. The number of phenolic OH excluding ortho intramolecular Hbond substituents is 2. The lowest BCUT2D eigenvalue weighted by Gasteiger charge is -2.24. The van der Waals surface area contributed by atoms with Gasteiger partial charge in [0.05, 0.1) is 6.04 Å². The van der Waals surface area contributed by atoms with Gasteiger partial charge in [-0.3, -0.25) is 19.2 Å². The van der Waals surface area contributed by atoms with E-state index in [-0.39, 0.29) is 37.2 Å². The zero-order chi connectivity index (χ0) is 29.1. The number of nitrogens with one attached hydrogen (secondary N) is 3. The Labute approximate surface area is 224 Å². The third-order valence-electron chi connectivity index (χ3n) is 5.78. The molecular weight excluding hydrogens is 510 g/mol. The van der Waals surface area contributed by atoms with Crippen LogP contribution in [0, 0.1) is 0 Å². The minimum Gasteiger partial charge on any atom is -0.508 e. The number of phenols is 2. The van der Waals surface area contributed by atoms with Crippen LogP contribution in [-0.2, 0) is 36.8 Å². The molecule has 0 heterocycles. The number of amides is 4. The molecule has 0 saturated heterocycles. The Morgan fingerprint density at radius 1 is 0.744 bits per heavy atom. The number of carbonyl (C=O) groups excluding carboxylic acids is 4. The maximum absolute atomic E-state index is 13.1. The van der Waals surface area contributed by atoms with Crippen LogP contribution in [0.25, 0.3) is 0 Å². The van der Waals surface area contributed by atoms with E-state index in [9.17, 15) is 39.3 Å². The summed E-state index contributed by atoms with van der Waals surface area (Å²) in [5, 5.41) is 35.5. The molecular formula is C26H33N5O8. The first-order valence-electron chi connectivity index (χ1n) is 12.1. The molecule has 39 heavy (non-hydrogen) atoms. The van der Waals surface area contributed by atoms with Gasteiger partial charge in [-0.25, -0.2) is 4.79 Å². The Hall–Kier alpha value is -4.65. The second kappa shape index (κ2) is 14.3. The van der Waals surface area contributed by atoms with Gasteiger partial charge in [-0.2, -0.15) is 0 Å². The number of primary amides is 1. The molecule has 210 valence electrons. The fraction of sp³-hybridized carbons (Fsp3) is 0.346. The lowest BCUT2D eigenvalue weighted by atomic mass is 10.0. The zero-order valence-electron chi connectivity index (χ0n) is 21.3. The third-order valence-corrected chi connectivity index (χ3v) is 5.78. The molecule has 2 aromatic rings. The van der Waals surface area contributed by atoms with Crippen LogP contribution in [0.5, 0.6) is 11.5 Å². The Balaban J connectivity index is 2.11. The first kappa shape index (κ1) is 30.6. The second-order valence-corrected chi connectivity index (χ2v) is 9.04. The molecule has 0 aromatic heterocycles. The second-order valence-electron chi connectivity index (χ2n) is 9.04. The highest BCUT2D eigenvalue weighted by molar-refractivity contribution is 5.94. The highest BCUT2D eigenvalue weighted by Gasteiger charge is 2.29. The fourth-order valence-electron chi connectivity index (χ4n) is 3.55.